The van der Waals surface area contributed by atoms with E-state index in [1.54, 1.807) is 18.2 Å². The lowest BCUT2D eigenvalue weighted by Crippen LogP contribution is -2.00. The van der Waals surface area contributed by atoms with Gasteiger partial charge in [0.25, 0.3) is 0 Å². The minimum atomic E-state index is 0.302. The lowest BCUT2D eigenvalue weighted by molar-refractivity contribution is 0.300. The maximum absolute atomic E-state index is 6.38. The fourth-order valence-electron chi connectivity index (χ4n) is 2.93. The average Bonchev–Trinajstić information content (AvgIpc) is 3.41. The van der Waals surface area contributed by atoms with Crippen LogP contribution in [0.3, 0.4) is 0 Å². The molecule has 3 nitrogen and oxygen atoms in total. The van der Waals surface area contributed by atoms with Crippen molar-refractivity contribution < 1.29 is 9.26 Å². The number of rotatable bonds is 6. The van der Waals surface area contributed by atoms with Gasteiger partial charge in [-0.1, -0.05) is 68.0 Å². The summed E-state index contributed by atoms with van der Waals surface area (Å²) in [4.78, 5) is 0. The average molecular weight is 488 g/mol. The summed E-state index contributed by atoms with van der Waals surface area (Å²) in [5, 5.41) is 6.69. The van der Waals surface area contributed by atoms with Crippen LogP contribution in [-0.2, 0) is 11.9 Å². The molecule has 2 aromatic carbocycles. The zero-order valence-corrected chi connectivity index (χ0v) is 18.0. The van der Waals surface area contributed by atoms with Crippen molar-refractivity contribution in [1.82, 2.24) is 5.16 Å². The summed E-state index contributed by atoms with van der Waals surface area (Å²) in [6.45, 7) is 0.302. The summed E-state index contributed by atoms with van der Waals surface area (Å²) in [6, 6.07) is 11.0. The smallest absolute Gasteiger partial charge is 0.147 e. The summed E-state index contributed by atoms with van der Waals surface area (Å²) in [6.07, 6.45) is 2.17. The Hall–Kier alpha value is -1.20. The van der Waals surface area contributed by atoms with Crippen molar-refractivity contribution in [3.8, 4) is 17.0 Å². The molecule has 0 N–H and O–H groups in total. The summed E-state index contributed by atoms with van der Waals surface area (Å²) >= 11 is 22.5. The number of halogens is 4. The lowest BCUT2D eigenvalue weighted by Gasteiger charge is -2.10. The number of ether oxygens (including phenoxy) is 1. The number of benzene rings is 2. The number of hydrogen-bond donors (Lipinski definition) is 0. The first-order valence-electron chi connectivity index (χ1n) is 8.48. The summed E-state index contributed by atoms with van der Waals surface area (Å²) in [7, 11) is 0. The highest BCUT2D eigenvalue weighted by molar-refractivity contribution is 9.08. The number of alkyl halides is 1. The Bertz CT molecular complexity index is 965. The van der Waals surface area contributed by atoms with Crippen LogP contribution in [0, 0.1) is 0 Å². The van der Waals surface area contributed by atoms with Crippen molar-refractivity contribution in [1.29, 1.82) is 0 Å². The highest BCUT2D eigenvalue weighted by atomic mass is 79.9. The first-order valence-corrected chi connectivity index (χ1v) is 10.7. The Balaban J connectivity index is 1.67. The van der Waals surface area contributed by atoms with Gasteiger partial charge < -0.3 is 9.26 Å². The molecule has 1 aromatic heterocycles. The van der Waals surface area contributed by atoms with Crippen molar-refractivity contribution in [3.63, 3.8) is 0 Å². The van der Waals surface area contributed by atoms with Crippen LogP contribution < -0.4 is 4.74 Å². The van der Waals surface area contributed by atoms with Crippen LogP contribution in [0.5, 0.6) is 5.75 Å². The van der Waals surface area contributed by atoms with Crippen LogP contribution in [0.4, 0.5) is 0 Å². The SMILES string of the molecule is Clc1cc(OCc2c(-c3c(Cl)cccc3Cl)noc2C2CC2)ccc1CBr. The molecule has 0 amide bonds. The van der Waals surface area contributed by atoms with E-state index in [0.717, 1.165) is 29.7 Å². The van der Waals surface area contributed by atoms with E-state index in [1.165, 1.54) is 0 Å². The normalized spacial score (nSPS) is 13.8. The van der Waals surface area contributed by atoms with Gasteiger partial charge >= 0.3 is 0 Å². The van der Waals surface area contributed by atoms with Gasteiger partial charge in [0.1, 0.15) is 23.8 Å². The third-order valence-corrected chi connectivity index (χ3v) is 6.10. The third kappa shape index (κ3) is 4.00. The molecular formula is C20H15BrCl3NO2. The van der Waals surface area contributed by atoms with Crippen molar-refractivity contribution in [2.45, 2.75) is 30.7 Å². The molecule has 1 fully saturated rings. The van der Waals surface area contributed by atoms with Gasteiger partial charge in [0.2, 0.25) is 0 Å². The molecule has 0 atom stereocenters. The van der Waals surface area contributed by atoms with Gasteiger partial charge in [0.05, 0.1) is 15.6 Å². The third-order valence-electron chi connectivity index (χ3n) is 4.52. The molecule has 1 aliphatic rings. The van der Waals surface area contributed by atoms with Gasteiger partial charge in [-0.2, -0.15) is 0 Å². The maximum Gasteiger partial charge on any atom is 0.147 e. The van der Waals surface area contributed by atoms with Gasteiger partial charge in [0.15, 0.2) is 0 Å². The maximum atomic E-state index is 6.38. The largest absolute Gasteiger partial charge is 0.489 e. The quantitative estimate of drug-likeness (QED) is 0.335. The lowest BCUT2D eigenvalue weighted by atomic mass is 10.0. The monoisotopic (exact) mass is 485 g/mol. The molecule has 27 heavy (non-hydrogen) atoms. The molecule has 0 radical (unpaired) electrons. The Morgan fingerprint density at radius 1 is 1.07 bits per heavy atom. The molecule has 7 heteroatoms. The number of hydrogen-bond acceptors (Lipinski definition) is 3. The number of nitrogens with zero attached hydrogens (tertiary/aromatic N) is 1. The summed E-state index contributed by atoms with van der Waals surface area (Å²) in [5.41, 5.74) is 3.20. The summed E-state index contributed by atoms with van der Waals surface area (Å²) < 4.78 is 11.7. The highest BCUT2D eigenvalue weighted by Gasteiger charge is 2.33. The standard InChI is InChI=1S/C20H15BrCl3NO2/c21-9-12-6-7-13(8-17(12)24)26-10-14-19(25-27-20(14)11-4-5-11)18-15(22)2-1-3-16(18)23/h1-3,6-8,11H,4-5,9-10H2. The van der Waals surface area contributed by atoms with E-state index < -0.39 is 0 Å². The Kier molecular flexibility index (Phi) is 5.70. The Morgan fingerprint density at radius 2 is 1.81 bits per heavy atom. The molecule has 0 aliphatic heterocycles. The molecule has 1 aliphatic carbocycles. The van der Waals surface area contributed by atoms with E-state index in [2.05, 4.69) is 21.1 Å². The molecule has 1 heterocycles. The molecular weight excluding hydrogens is 472 g/mol. The van der Waals surface area contributed by atoms with E-state index in [9.17, 15) is 0 Å². The van der Waals surface area contributed by atoms with Crippen LogP contribution in [0.15, 0.2) is 40.9 Å². The van der Waals surface area contributed by atoms with E-state index in [0.29, 0.717) is 49.9 Å². The molecule has 4 rings (SSSR count). The zero-order valence-electron chi connectivity index (χ0n) is 14.1. The Morgan fingerprint density at radius 3 is 2.44 bits per heavy atom. The Labute approximate surface area is 180 Å². The molecule has 0 bridgehead atoms. The molecule has 0 unspecified atom stereocenters. The minimum absolute atomic E-state index is 0.302. The molecule has 0 saturated heterocycles. The molecule has 0 spiro atoms. The number of aromatic nitrogens is 1. The first kappa shape index (κ1) is 19.1. The van der Waals surface area contributed by atoms with Crippen LogP contribution in [0.2, 0.25) is 15.1 Å². The zero-order chi connectivity index (χ0) is 19.0. The van der Waals surface area contributed by atoms with Crippen molar-refractivity contribution in [2.24, 2.45) is 0 Å². The first-order chi connectivity index (χ1) is 13.1. The second kappa shape index (κ2) is 8.04. The van der Waals surface area contributed by atoms with Crippen LogP contribution in [-0.4, -0.2) is 5.16 Å². The van der Waals surface area contributed by atoms with Gasteiger partial charge in [-0.05, 0) is 42.7 Å². The van der Waals surface area contributed by atoms with Gasteiger partial charge in [0, 0.05) is 21.8 Å². The second-order valence-corrected chi connectivity index (χ2v) is 8.20. The van der Waals surface area contributed by atoms with Crippen molar-refractivity contribution in [2.75, 3.05) is 0 Å². The van der Waals surface area contributed by atoms with E-state index in [4.69, 9.17) is 44.1 Å². The van der Waals surface area contributed by atoms with Gasteiger partial charge in [-0.15, -0.1) is 0 Å². The minimum Gasteiger partial charge on any atom is -0.489 e. The predicted octanol–water partition coefficient (Wildman–Crippen LogP) is 7.65. The summed E-state index contributed by atoms with van der Waals surface area (Å²) in [5.74, 6) is 1.92. The molecule has 140 valence electrons. The topological polar surface area (TPSA) is 35.3 Å². The van der Waals surface area contributed by atoms with Crippen molar-refractivity contribution >= 4 is 50.7 Å². The molecule has 3 aromatic rings. The fourth-order valence-corrected chi connectivity index (χ4v) is 4.39. The predicted molar refractivity (Wildman–Crippen MR) is 112 cm³/mol. The van der Waals surface area contributed by atoms with Crippen molar-refractivity contribution in [3.05, 3.63) is 68.4 Å². The van der Waals surface area contributed by atoms with Gasteiger partial charge in [-0.25, -0.2) is 0 Å². The van der Waals surface area contributed by atoms with E-state index >= 15 is 0 Å². The second-order valence-electron chi connectivity index (χ2n) is 6.42. The van der Waals surface area contributed by atoms with Crippen LogP contribution in [0.25, 0.3) is 11.3 Å². The van der Waals surface area contributed by atoms with Crippen LogP contribution >= 0.6 is 50.7 Å². The van der Waals surface area contributed by atoms with E-state index in [1.807, 2.05) is 18.2 Å². The fraction of sp³-hybridized carbons (Fsp3) is 0.250. The highest BCUT2D eigenvalue weighted by Crippen LogP contribution is 2.46. The van der Waals surface area contributed by atoms with Gasteiger partial charge in [-0.3, -0.25) is 0 Å². The van der Waals surface area contributed by atoms with Crippen LogP contribution in [0.1, 0.15) is 35.6 Å². The molecule has 1 saturated carbocycles. The van der Waals surface area contributed by atoms with E-state index in [-0.39, 0.29) is 0 Å².